The van der Waals surface area contributed by atoms with Crippen molar-refractivity contribution in [1.82, 2.24) is 10.1 Å². The van der Waals surface area contributed by atoms with Crippen molar-refractivity contribution >= 4 is 28.5 Å². The molecule has 0 bridgehead atoms. The highest BCUT2D eigenvalue weighted by Crippen LogP contribution is 2.38. The number of ether oxygens (including phenoxy) is 2. The molecule has 0 fully saturated rings. The van der Waals surface area contributed by atoms with E-state index in [0.717, 1.165) is 5.56 Å². The average Bonchev–Trinajstić information content (AvgIpc) is 3.39. The van der Waals surface area contributed by atoms with Crippen LogP contribution in [0.15, 0.2) is 53.1 Å². The van der Waals surface area contributed by atoms with E-state index in [1.165, 1.54) is 6.92 Å². The molecule has 4 aromatic rings. The first-order valence-electron chi connectivity index (χ1n) is 9.59. The van der Waals surface area contributed by atoms with E-state index in [2.05, 4.69) is 15.5 Å². The first-order valence-corrected chi connectivity index (χ1v) is 9.59. The zero-order valence-electron chi connectivity index (χ0n) is 16.8. The lowest BCUT2D eigenvalue weighted by atomic mass is 10.0. The summed E-state index contributed by atoms with van der Waals surface area (Å²) < 4.78 is 16.1. The predicted molar refractivity (Wildman–Crippen MR) is 112 cm³/mol. The Morgan fingerprint density at radius 2 is 1.74 bits per heavy atom. The van der Waals surface area contributed by atoms with Crippen LogP contribution < -0.4 is 14.8 Å². The summed E-state index contributed by atoms with van der Waals surface area (Å²) in [6.07, 6.45) is 0. The third kappa shape index (κ3) is 3.28. The Labute approximate surface area is 176 Å². The van der Waals surface area contributed by atoms with E-state index in [1.54, 1.807) is 25.1 Å². The smallest absolute Gasteiger partial charge is 0.259 e. The van der Waals surface area contributed by atoms with Gasteiger partial charge in [-0.1, -0.05) is 35.5 Å². The molecule has 2 aromatic carbocycles. The number of ketones is 1. The Morgan fingerprint density at radius 1 is 1.00 bits per heavy atom. The minimum absolute atomic E-state index is 0.0649. The van der Waals surface area contributed by atoms with Gasteiger partial charge in [-0.25, -0.2) is 4.98 Å². The van der Waals surface area contributed by atoms with Gasteiger partial charge in [0.2, 0.25) is 6.79 Å². The van der Waals surface area contributed by atoms with Crippen LogP contribution in [0.5, 0.6) is 11.5 Å². The first-order chi connectivity index (χ1) is 15.0. The maximum Gasteiger partial charge on any atom is 0.259 e. The van der Waals surface area contributed by atoms with Crippen LogP contribution >= 0.6 is 0 Å². The minimum Gasteiger partial charge on any atom is -0.454 e. The fourth-order valence-electron chi connectivity index (χ4n) is 3.56. The van der Waals surface area contributed by atoms with Crippen molar-refractivity contribution in [2.45, 2.75) is 13.8 Å². The molecule has 0 saturated heterocycles. The summed E-state index contributed by atoms with van der Waals surface area (Å²) in [5.41, 5.74) is 3.23. The van der Waals surface area contributed by atoms with Crippen LogP contribution in [-0.2, 0) is 0 Å². The number of amides is 1. The van der Waals surface area contributed by atoms with E-state index < -0.39 is 5.91 Å². The number of aryl methyl sites for hydroxylation is 1. The normalized spacial score (nSPS) is 12.2. The van der Waals surface area contributed by atoms with Crippen molar-refractivity contribution in [3.8, 4) is 22.8 Å². The van der Waals surface area contributed by atoms with Crippen LogP contribution in [-0.4, -0.2) is 28.6 Å². The van der Waals surface area contributed by atoms with Crippen molar-refractivity contribution < 1.29 is 23.6 Å². The maximum atomic E-state index is 13.3. The second-order valence-electron chi connectivity index (χ2n) is 7.13. The molecular weight excluding hydrogens is 398 g/mol. The second kappa shape index (κ2) is 7.24. The fraction of sp³-hybridized carbons (Fsp3) is 0.130. The second-order valence-corrected chi connectivity index (χ2v) is 7.13. The summed E-state index contributed by atoms with van der Waals surface area (Å²) in [6.45, 7) is 3.24. The van der Waals surface area contributed by atoms with Crippen LogP contribution in [0.1, 0.15) is 33.3 Å². The molecule has 1 amide bonds. The molecule has 0 atom stereocenters. The molecule has 5 rings (SSSR count). The number of pyridine rings is 1. The van der Waals surface area contributed by atoms with Gasteiger partial charge in [0, 0.05) is 17.2 Å². The lowest BCUT2D eigenvalue weighted by molar-refractivity contribution is 0.101. The van der Waals surface area contributed by atoms with E-state index in [9.17, 15) is 9.59 Å². The van der Waals surface area contributed by atoms with E-state index in [-0.39, 0.29) is 18.3 Å². The van der Waals surface area contributed by atoms with Crippen LogP contribution in [0.2, 0.25) is 0 Å². The van der Waals surface area contributed by atoms with Crippen molar-refractivity contribution in [2.24, 2.45) is 0 Å². The largest absolute Gasteiger partial charge is 0.454 e. The van der Waals surface area contributed by atoms with E-state index >= 15 is 0 Å². The summed E-state index contributed by atoms with van der Waals surface area (Å²) in [5, 5.41) is 7.31. The van der Waals surface area contributed by atoms with Gasteiger partial charge in [0.25, 0.3) is 11.6 Å². The Hall–Kier alpha value is -4.20. The number of nitrogens with zero attached hydrogens (tertiary/aromatic N) is 2. The number of carbonyl (C=O) groups excluding carboxylic acids is 2. The monoisotopic (exact) mass is 415 g/mol. The number of hydrogen-bond acceptors (Lipinski definition) is 7. The fourth-order valence-corrected chi connectivity index (χ4v) is 3.56. The molecular formula is C23H17N3O5. The van der Waals surface area contributed by atoms with Gasteiger partial charge in [-0.3, -0.25) is 9.59 Å². The van der Waals surface area contributed by atoms with Crippen LogP contribution in [0.3, 0.4) is 0 Å². The third-order valence-electron chi connectivity index (χ3n) is 5.07. The standard InChI is InChI=1S/C23H17N3O5/c1-12-21-16(8-17(25-23(21)31-26-12)14-6-4-3-5-7-14)22(28)24-18-10-20-19(29-11-30-20)9-15(18)13(2)27/h3-10H,11H2,1-2H3,(H,24,28). The van der Waals surface area contributed by atoms with Gasteiger partial charge in [0.05, 0.1) is 28.0 Å². The first kappa shape index (κ1) is 18.8. The van der Waals surface area contributed by atoms with Gasteiger partial charge < -0.3 is 19.3 Å². The lowest BCUT2D eigenvalue weighted by Crippen LogP contribution is -2.15. The number of anilines is 1. The number of fused-ring (bicyclic) bond motifs is 2. The SMILES string of the molecule is CC(=O)c1cc2c(cc1NC(=O)c1cc(-c3ccccc3)nc3onc(C)c13)OCO2. The number of aromatic nitrogens is 2. The summed E-state index contributed by atoms with van der Waals surface area (Å²) in [6, 6.07) is 14.3. The van der Waals surface area contributed by atoms with Crippen LogP contribution in [0.25, 0.3) is 22.4 Å². The van der Waals surface area contributed by atoms with E-state index in [4.69, 9.17) is 14.0 Å². The highest BCUT2D eigenvalue weighted by molar-refractivity contribution is 6.15. The van der Waals surface area contributed by atoms with Crippen LogP contribution in [0.4, 0.5) is 5.69 Å². The molecule has 1 N–H and O–H groups in total. The quantitative estimate of drug-likeness (QED) is 0.493. The maximum absolute atomic E-state index is 13.3. The molecule has 31 heavy (non-hydrogen) atoms. The van der Waals surface area contributed by atoms with Crippen molar-refractivity contribution in [2.75, 3.05) is 12.1 Å². The summed E-state index contributed by atoms with van der Waals surface area (Å²) >= 11 is 0. The van der Waals surface area contributed by atoms with Crippen molar-refractivity contribution in [3.63, 3.8) is 0 Å². The topological polar surface area (TPSA) is 104 Å². The van der Waals surface area contributed by atoms with Gasteiger partial charge in [0.15, 0.2) is 17.3 Å². The van der Waals surface area contributed by atoms with E-state index in [1.807, 2.05) is 30.3 Å². The van der Waals surface area contributed by atoms with Gasteiger partial charge in [-0.15, -0.1) is 0 Å². The zero-order valence-corrected chi connectivity index (χ0v) is 16.8. The summed E-state index contributed by atoms with van der Waals surface area (Å²) in [7, 11) is 0. The molecule has 8 nitrogen and oxygen atoms in total. The molecule has 0 saturated carbocycles. The summed E-state index contributed by atoms with van der Waals surface area (Å²) in [4.78, 5) is 30.0. The molecule has 0 spiro atoms. The van der Waals surface area contributed by atoms with Gasteiger partial charge in [0.1, 0.15) is 0 Å². The minimum atomic E-state index is -0.419. The number of nitrogens with one attached hydrogen (secondary N) is 1. The van der Waals surface area contributed by atoms with Gasteiger partial charge in [-0.2, -0.15) is 0 Å². The molecule has 1 aliphatic rings. The highest BCUT2D eigenvalue weighted by atomic mass is 16.7. The summed E-state index contributed by atoms with van der Waals surface area (Å²) in [5.74, 6) is 0.305. The number of Topliss-reactive ketones (excluding diaryl/α,β-unsaturated/α-hetero) is 1. The third-order valence-corrected chi connectivity index (χ3v) is 5.07. The Bertz CT molecular complexity index is 1340. The molecule has 2 aromatic heterocycles. The van der Waals surface area contributed by atoms with Crippen LogP contribution in [0, 0.1) is 6.92 Å². The molecule has 8 heteroatoms. The predicted octanol–water partition coefficient (Wildman–Crippen LogP) is 4.38. The molecule has 0 unspecified atom stereocenters. The lowest BCUT2D eigenvalue weighted by Gasteiger charge is -2.12. The van der Waals surface area contributed by atoms with E-state index in [0.29, 0.717) is 45.1 Å². The zero-order chi connectivity index (χ0) is 21.5. The Morgan fingerprint density at radius 3 is 2.48 bits per heavy atom. The Kier molecular flexibility index (Phi) is 4.39. The van der Waals surface area contributed by atoms with Gasteiger partial charge in [-0.05, 0) is 26.0 Å². The van der Waals surface area contributed by atoms with Crippen molar-refractivity contribution in [3.05, 3.63) is 65.4 Å². The average molecular weight is 415 g/mol. The number of benzene rings is 2. The molecule has 3 heterocycles. The molecule has 0 radical (unpaired) electrons. The molecule has 1 aliphatic heterocycles. The highest BCUT2D eigenvalue weighted by Gasteiger charge is 2.23. The Balaban J connectivity index is 1.61. The van der Waals surface area contributed by atoms with Gasteiger partial charge >= 0.3 is 0 Å². The number of carbonyl (C=O) groups is 2. The number of hydrogen-bond donors (Lipinski definition) is 1. The van der Waals surface area contributed by atoms with Crippen molar-refractivity contribution in [1.29, 1.82) is 0 Å². The molecule has 154 valence electrons. The molecule has 0 aliphatic carbocycles. The number of rotatable bonds is 4.